The zero-order chi connectivity index (χ0) is 12.1. The van der Waals surface area contributed by atoms with Crippen molar-refractivity contribution in [1.29, 1.82) is 0 Å². The van der Waals surface area contributed by atoms with Gasteiger partial charge in [0.2, 0.25) is 0 Å². The van der Waals surface area contributed by atoms with Gasteiger partial charge in [-0.25, -0.2) is 0 Å². The fourth-order valence-electron chi connectivity index (χ4n) is 1.61. The van der Waals surface area contributed by atoms with E-state index in [1.807, 2.05) is 6.92 Å². The maximum absolute atomic E-state index is 10.7. The van der Waals surface area contributed by atoms with Crippen LogP contribution in [-0.2, 0) is 0 Å². The SMILES string of the molecule is CCCC(C)Oc1cccc([N+](=O)[O-])c1C. The summed E-state index contributed by atoms with van der Waals surface area (Å²) in [6.45, 7) is 5.77. The van der Waals surface area contributed by atoms with Crippen LogP contribution in [0.5, 0.6) is 5.75 Å². The number of nitrogens with zero attached hydrogens (tertiary/aromatic N) is 1. The highest BCUT2D eigenvalue weighted by molar-refractivity contribution is 5.48. The molecule has 0 bridgehead atoms. The molecule has 0 fully saturated rings. The Hall–Kier alpha value is -1.58. The van der Waals surface area contributed by atoms with Gasteiger partial charge in [-0.1, -0.05) is 19.4 Å². The topological polar surface area (TPSA) is 52.4 Å². The lowest BCUT2D eigenvalue weighted by Crippen LogP contribution is -2.12. The summed E-state index contributed by atoms with van der Waals surface area (Å²) in [7, 11) is 0. The number of hydrogen-bond acceptors (Lipinski definition) is 3. The van der Waals surface area contributed by atoms with E-state index in [2.05, 4.69) is 6.92 Å². The Bertz CT molecular complexity index is 377. The van der Waals surface area contributed by atoms with Gasteiger partial charge in [0.25, 0.3) is 5.69 Å². The Morgan fingerprint density at radius 3 is 2.75 bits per heavy atom. The molecule has 0 aromatic heterocycles. The Labute approximate surface area is 95.4 Å². The number of ether oxygens (including phenoxy) is 1. The van der Waals surface area contributed by atoms with Crippen LogP contribution in [0.3, 0.4) is 0 Å². The second-order valence-corrected chi connectivity index (χ2v) is 3.87. The van der Waals surface area contributed by atoms with Crippen LogP contribution in [0.1, 0.15) is 32.3 Å². The molecule has 0 saturated heterocycles. The lowest BCUT2D eigenvalue weighted by atomic mass is 10.1. The molecule has 0 spiro atoms. The zero-order valence-electron chi connectivity index (χ0n) is 9.90. The molecule has 0 aliphatic rings. The first-order chi connectivity index (χ1) is 7.56. The van der Waals surface area contributed by atoms with Crippen LogP contribution in [0, 0.1) is 17.0 Å². The van der Waals surface area contributed by atoms with Gasteiger partial charge in [0.1, 0.15) is 5.75 Å². The molecule has 1 aromatic rings. The molecule has 88 valence electrons. The van der Waals surface area contributed by atoms with Gasteiger partial charge in [-0.15, -0.1) is 0 Å². The van der Waals surface area contributed by atoms with Crippen LogP contribution in [-0.4, -0.2) is 11.0 Å². The van der Waals surface area contributed by atoms with Gasteiger partial charge >= 0.3 is 0 Å². The quantitative estimate of drug-likeness (QED) is 0.567. The van der Waals surface area contributed by atoms with E-state index in [0.29, 0.717) is 11.3 Å². The third-order valence-corrected chi connectivity index (χ3v) is 2.48. The molecule has 0 aliphatic heterocycles. The Morgan fingerprint density at radius 1 is 1.50 bits per heavy atom. The van der Waals surface area contributed by atoms with Gasteiger partial charge in [-0.3, -0.25) is 10.1 Å². The molecule has 0 radical (unpaired) electrons. The molecule has 0 N–H and O–H groups in total. The molecule has 0 aliphatic carbocycles. The molecule has 4 nitrogen and oxygen atoms in total. The van der Waals surface area contributed by atoms with Crippen LogP contribution >= 0.6 is 0 Å². The molecular formula is C12H17NO3. The fourth-order valence-corrected chi connectivity index (χ4v) is 1.61. The standard InChI is InChI=1S/C12H17NO3/c1-4-6-9(2)16-12-8-5-7-11(10(12)3)13(14)15/h5,7-9H,4,6H2,1-3H3. The summed E-state index contributed by atoms with van der Waals surface area (Å²) < 4.78 is 5.67. The van der Waals surface area contributed by atoms with Crippen molar-refractivity contribution in [2.24, 2.45) is 0 Å². The van der Waals surface area contributed by atoms with Crippen molar-refractivity contribution in [2.45, 2.75) is 39.7 Å². The predicted molar refractivity (Wildman–Crippen MR) is 62.8 cm³/mol. The summed E-state index contributed by atoms with van der Waals surface area (Å²) in [5.41, 5.74) is 0.705. The van der Waals surface area contributed by atoms with Gasteiger partial charge in [0.15, 0.2) is 0 Å². The Kier molecular flexibility index (Phi) is 4.28. The van der Waals surface area contributed by atoms with Crippen molar-refractivity contribution in [1.82, 2.24) is 0 Å². The van der Waals surface area contributed by atoms with Crippen molar-refractivity contribution in [3.8, 4) is 5.75 Å². The number of hydrogen-bond donors (Lipinski definition) is 0. The summed E-state index contributed by atoms with van der Waals surface area (Å²) in [4.78, 5) is 10.4. The third kappa shape index (κ3) is 2.95. The highest BCUT2D eigenvalue weighted by Crippen LogP contribution is 2.28. The van der Waals surface area contributed by atoms with E-state index >= 15 is 0 Å². The van der Waals surface area contributed by atoms with Crippen LogP contribution in [0.2, 0.25) is 0 Å². The molecule has 1 atom stereocenters. The largest absolute Gasteiger partial charge is 0.490 e. The van der Waals surface area contributed by atoms with E-state index in [0.717, 1.165) is 12.8 Å². The smallest absolute Gasteiger partial charge is 0.276 e. The minimum atomic E-state index is -0.382. The predicted octanol–water partition coefficient (Wildman–Crippen LogP) is 3.47. The molecule has 4 heteroatoms. The summed E-state index contributed by atoms with van der Waals surface area (Å²) >= 11 is 0. The molecule has 1 aromatic carbocycles. The number of nitro benzene ring substituents is 1. The molecule has 0 saturated carbocycles. The molecule has 0 amide bonds. The number of rotatable bonds is 5. The number of nitro groups is 1. The number of benzene rings is 1. The molecule has 1 unspecified atom stereocenters. The second kappa shape index (κ2) is 5.49. The summed E-state index contributed by atoms with van der Waals surface area (Å²) in [5, 5.41) is 10.7. The van der Waals surface area contributed by atoms with Gasteiger partial charge in [0.05, 0.1) is 16.6 Å². The second-order valence-electron chi connectivity index (χ2n) is 3.87. The van der Waals surface area contributed by atoms with Crippen molar-refractivity contribution in [3.05, 3.63) is 33.9 Å². The highest BCUT2D eigenvalue weighted by atomic mass is 16.6. The maximum atomic E-state index is 10.7. The van der Waals surface area contributed by atoms with Crippen LogP contribution < -0.4 is 4.74 Å². The first-order valence-electron chi connectivity index (χ1n) is 5.47. The average molecular weight is 223 g/mol. The van der Waals surface area contributed by atoms with Gasteiger partial charge in [-0.05, 0) is 26.3 Å². The van der Waals surface area contributed by atoms with E-state index < -0.39 is 0 Å². The lowest BCUT2D eigenvalue weighted by Gasteiger charge is -2.15. The normalized spacial score (nSPS) is 12.2. The van der Waals surface area contributed by atoms with E-state index in [4.69, 9.17) is 4.74 Å². The molecule has 0 heterocycles. The van der Waals surface area contributed by atoms with Crippen LogP contribution in [0.15, 0.2) is 18.2 Å². The lowest BCUT2D eigenvalue weighted by molar-refractivity contribution is -0.385. The third-order valence-electron chi connectivity index (χ3n) is 2.48. The van der Waals surface area contributed by atoms with Gasteiger partial charge < -0.3 is 4.74 Å². The fraction of sp³-hybridized carbons (Fsp3) is 0.500. The first-order valence-corrected chi connectivity index (χ1v) is 5.47. The highest BCUT2D eigenvalue weighted by Gasteiger charge is 2.15. The van der Waals surface area contributed by atoms with Crippen molar-refractivity contribution in [3.63, 3.8) is 0 Å². The Balaban J connectivity index is 2.89. The summed E-state index contributed by atoms with van der Waals surface area (Å²) in [5.74, 6) is 0.607. The van der Waals surface area contributed by atoms with E-state index in [-0.39, 0.29) is 16.7 Å². The van der Waals surface area contributed by atoms with E-state index in [1.165, 1.54) is 6.07 Å². The van der Waals surface area contributed by atoms with Crippen LogP contribution in [0.25, 0.3) is 0 Å². The average Bonchev–Trinajstić information content (AvgIpc) is 2.21. The zero-order valence-corrected chi connectivity index (χ0v) is 9.90. The molecular weight excluding hydrogens is 206 g/mol. The first kappa shape index (κ1) is 12.5. The Morgan fingerprint density at radius 2 is 2.19 bits per heavy atom. The van der Waals surface area contributed by atoms with Crippen molar-refractivity contribution >= 4 is 5.69 Å². The van der Waals surface area contributed by atoms with Gasteiger partial charge in [-0.2, -0.15) is 0 Å². The maximum Gasteiger partial charge on any atom is 0.276 e. The van der Waals surface area contributed by atoms with E-state index in [9.17, 15) is 10.1 Å². The minimum Gasteiger partial charge on any atom is -0.490 e. The summed E-state index contributed by atoms with van der Waals surface area (Å²) in [6, 6.07) is 4.92. The minimum absolute atomic E-state index is 0.0886. The van der Waals surface area contributed by atoms with Crippen molar-refractivity contribution in [2.75, 3.05) is 0 Å². The monoisotopic (exact) mass is 223 g/mol. The summed E-state index contributed by atoms with van der Waals surface area (Å²) in [6.07, 6.45) is 2.07. The van der Waals surface area contributed by atoms with Gasteiger partial charge in [0, 0.05) is 6.07 Å². The van der Waals surface area contributed by atoms with E-state index in [1.54, 1.807) is 19.1 Å². The molecule has 16 heavy (non-hydrogen) atoms. The van der Waals surface area contributed by atoms with Crippen molar-refractivity contribution < 1.29 is 9.66 Å². The van der Waals surface area contributed by atoms with Crippen LogP contribution in [0.4, 0.5) is 5.69 Å². The molecule has 1 rings (SSSR count).